The number of unbranched alkanes of at least 4 members (excludes halogenated alkanes) is 1. The zero-order valence-electron chi connectivity index (χ0n) is 14.9. The molecule has 2 heteroatoms. The van der Waals surface area contributed by atoms with E-state index in [0.717, 1.165) is 29.5 Å². The van der Waals surface area contributed by atoms with E-state index < -0.39 is 5.60 Å². The van der Waals surface area contributed by atoms with Gasteiger partial charge >= 0.3 is 18.9 Å². The summed E-state index contributed by atoms with van der Waals surface area (Å²) in [7, 11) is 0. The molecule has 25 heavy (non-hydrogen) atoms. The average Bonchev–Trinajstić information content (AvgIpc) is 2.68. The third-order valence-corrected chi connectivity index (χ3v) is 4.25. The Hall–Kier alpha value is -1.78. The van der Waals surface area contributed by atoms with Crippen LogP contribution in [-0.2, 0) is 10.3 Å². The van der Waals surface area contributed by atoms with Gasteiger partial charge in [-0.25, -0.2) is 0 Å². The molecule has 0 aromatic heterocycles. The van der Waals surface area contributed by atoms with E-state index in [1.807, 2.05) is 18.2 Å². The fraction of sp³-hybridized carbons (Fsp3) is 0.174. The number of rotatable bonds is 7. The minimum atomic E-state index is -0.598. The normalized spacial score (nSPS) is 10.9. The van der Waals surface area contributed by atoms with Gasteiger partial charge in [0.05, 0.1) is 0 Å². The molecule has 0 amide bonds. The average molecular weight is 322 g/mol. The Morgan fingerprint density at radius 3 is 1.32 bits per heavy atom. The van der Waals surface area contributed by atoms with Crippen molar-refractivity contribution in [3.63, 3.8) is 0 Å². The van der Waals surface area contributed by atoms with E-state index in [2.05, 4.69) is 79.7 Å². The third-order valence-electron chi connectivity index (χ3n) is 4.25. The van der Waals surface area contributed by atoms with Gasteiger partial charge in [-0.1, -0.05) is 97.4 Å². The van der Waals surface area contributed by atoms with Crippen LogP contribution in [0.5, 0.6) is 0 Å². The maximum Gasteiger partial charge on any atom is 1.00 e. The van der Waals surface area contributed by atoms with Gasteiger partial charge in [-0.2, -0.15) is 6.42 Å². The van der Waals surface area contributed by atoms with E-state index in [1.165, 1.54) is 0 Å². The molecule has 0 saturated carbocycles. The summed E-state index contributed by atoms with van der Waals surface area (Å²) < 4.78 is 6.59. The predicted molar refractivity (Wildman–Crippen MR) is 99.8 cm³/mol. The fourth-order valence-corrected chi connectivity index (χ4v) is 3.10. The van der Waals surface area contributed by atoms with E-state index in [9.17, 15) is 0 Å². The Bertz CT molecular complexity index is 629. The molecule has 0 aliphatic heterocycles. The molecule has 0 aliphatic carbocycles. The molecule has 122 valence electrons. The molecular weight excluding hydrogens is 299 g/mol. The van der Waals surface area contributed by atoms with Crippen LogP contribution in [0.25, 0.3) is 0 Å². The molecule has 0 N–H and O–H groups in total. The summed E-state index contributed by atoms with van der Waals surface area (Å²) in [6.45, 7) is 4.61. The summed E-state index contributed by atoms with van der Waals surface area (Å²) in [6, 6.07) is 31.4. The van der Waals surface area contributed by atoms with Gasteiger partial charge in [0.25, 0.3) is 0 Å². The summed E-state index contributed by atoms with van der Waals surface area (Å²) in [5, 5.41) is 0. The number of ether oxygens (including phenoxy) is 1. The maximum absolute atomic E-state index is 6.59. The fourth-order valence-electron chi connectivity index (χ4n) is 3.10. The minimum Gasteiger partial charge on any atom is -0.361 e. The molecule has 0 spiro atoms. The van der Waals surface area contributed by atoms with Crippen LogP contribution in [0.15, 0.2) is 91.0 Å². The van der Waals surface area contributed by atoms with Crippen molar-refractivity contribution in [1.29, 1.82) is 0 Å². The molecule has 0 atom stereocenters. The van der Waals surface area contributed by atoms with Crippen molar-refractivity contribution in [2.75, 3.05) is 6.61 Å². The van der Waals surface area contributed by atoms with Gasteiger partial charge in [0.1, 0.15) is 5.60 Å². The Labute approximate surface area is 163 Å². The van der Waals surface area contributed by atoms with Crippen LogP contribution < -0.4 is 18.9 Å². The number of hydrogen-bond acceptors (Lipinski definition) is 1. The van der Waals surface area contributed by atoms with Crippen molar-refractivity contribution in [3.05, 3.63) is 115 Å². The van der Waals surface area contributed by atoms with E-state index >= 15 is 0 Å². The van der Waals surface area contributed by atoms with Crippen LogP contribution in [0.2, 0.25) is 0 Å². The molecular formula is C23H23LiO. The van der Waals surface area contributed by atoms with Crippen LogP contribution in [-0.4, -0.2) is 6.61 Å². The first-order valence-electron chi connectivity index (χ1n) is 8.47. The molecule has 3 aromatic rings. The number of hydrogen-bond donors (Lipinski definition) is 0. The quantitative estimate of drug-likeness (QED) is 0.281. The zero-order valence-corrected chi connectivity index (χ0v) is 14.9. The molecule has 0 heterocycles. The monoisotopic (exact) mass is 322 g/mol. The van der Waals surface area contributed by atoms with Crippen molar-refractivity contribution in [1.82, 2.24) is 0 Å². The molecule has 0 bridgehead atoms. The Balaban J connectivity index is 0.00000225. The Morgan fingerprint density at radius 2 is 1.00 bits per heavy atom. The second-order valence-corrected chi connectivity index (χ2v) is 5.83. The summed E-state index contributed by atoms with van der Waals surface area (Å²) in [4.78, 5) is 0. The van der Waals surface area contributed by atoms with E-state index in [4.69, 9.17) is 4.74 Å². The van der Waals surface area contributed by atoms with E-state index in [1.54, 1.807) is 0 Å². The first kappa shape index (κ1) is 19.5. The van der Waals surface area contributed by atoms with Crippen LogP contribution in [0.3, 0.4) is 0 Å². The largest absolute Gasteiger partial charge is 1.00 e. The molecule has 0 aliphatic rings. The molecule has 3 rings (SSSR count). The van der Waals surface area contributed by atoms with Crippen LogP contribution >= 0.6 is 0 Å². The smallest absolute Gasteiger partial charge is 0.361 e. The summed E-state index contributed by atoms with van der Waals surface area (Å²) in [6.07, 6.45) is 1.81. The van der Waals surface area contributed by atoms with Crippen molar-refractivity contribution in [3.8, 4) is 0 Å². The Morgan fingerprint density at radius 1 is 0.640 bits per heavy atom. The van der Waals surface area contributed by atoms with Gasteiger partial charge in [-0.15, -0.1) is 0 Å². The van der Waals surface area contributed by atoms with Gasteiger partial charge in [0.2, 0.25) is 0 Å². The maximum atomic E-state index is 6.59. The molecule has 0 unspecified atom stereocenters. The van der Waals surface area contributed by atoms with Gasteiger partial charge < -0.3 is 11.7 Å². The molecule has 0 fully saturated rings. The molecule has 0 saturated heterocycles. The second kappa shape index (κ2) is 9.64. The van der Waals surface area contributed by atoms with Gasteiger partial charge in [0, 0.05) is 6.61 Å². The molecule has 0 radical (unpaired) electrons. The first-order valence-corrected chi connectivity index (χ1v) is 8.47. The zero-order chi connectivity index (χ0) is 16.7. The van der Waals surface area contributed by atoms with Crippen molar-refractivity contribution in [2.45, 2.75) is 18.4 Å². The standard InChI is InChI=1S/C23H23O.Li/c1-2-3-19-24-23(20-13-7-4-8-14-20,21-15-9-5-10-16-21)22-17-11-6-12-18-22;/h4-18H,1-3,19H2;/q-1;+1. The van der Waals surface area contributed by atoms with Gasteiger partial charge in [-0.05, 0) is 16.7 Å². The van der Waals surface area contributed by atoms with Crippen molar-refractivity contribution >= 4 is 0 Å². The minimum absolute atomic E-state index is 0. The van der Waals surface area contributed by atoms with E-state index in [-0.39, 0.29) is 18.9 Å². The summed E-state index contributed by atoms with van der Waals surface area (Å²) >= 11 is 0. The summed E-state index contributed by atoms with van der Waals surface area (Å²) in [5.74, 6) is 0. The van der Waals surface area contributed by atoms with Crippen LogP contribution in [0, 0.1) is 6.92 Å². The van der Waals surface area contributed by atoms with E-state index in [0.29, 0.717) is 6.61 Å². The predicted octanol–water partition coefficient (Wildman–Crippen LogP) is 2.61. The summed E-state index contributed by atoms with van der Waals surface area (Å²) in [5.41, 5.74) is 2.84. The Kier molecular flexibility index (Phi) is 7.53. The van der Waals surface area contributed by atoms with Crippen LogP contribution in [0.1, 0.15) is 29.5 Å². The second-order valence-electron chi connectivity index (χ2n) is 5.83. The molecule has 3 aromatic carbocycles. The van der Waals surface area contributed by atoms with Gasteiger partial charge in [0.15, 0.2) is 0 Å². The third kappa shape index (κ3) is 4.25. The first-order chi connectivity index (χ1) is 11.9. The number of benzene rings is 3. The SMILES string of the molecule is [CH2-]CCCOC(c1ccccc1)(c1ccccc1)c1ccccc1.[Li+]. The van der Waals surface area contributed by atoms with Crippen molar-refractivity contribution < 1.29 is 23.6 Å². The van der Waals surface area contributed by atoms with Crippen molar-refractivity contribution in [2.24, 2.45) is 0 Å². The topological polar surface area (TPSA) is 9.23 Å². The van der Waals surface area contributed by atoms with Gasteiger partial charge in [-0.3, -0.25) is 0 Å². The molecule has 1 nitrogen and oxygen atoms in total. The van der Waals surface area contributed by atoms with Crippen LogP contribution in [0.4, 0.5) is 0 Å².